The van der Waals surface area contributed by atoms with Gasteiger partial charge in [0.2, 0.25) is 0 Å². The van der Waals surface area contributed by atoms with Gasteiger partial charge in [-0.05, 0) is 30.7 Å². The van der Waals surface area contributed by atoms with E-state index in [2.05, 4.69) is 5.32 Å². The predicted octanol–water partition coefficient (Wildman–Crippen LogP) is 3.32. The summed E-state index contributed by atoms with van der Waals surface area (Å²) in [7, 11) is -0.496. The summed E-state index contributed by atoms with van der Waals surface area (Å²) in [6, 6.07) is 7.46. The van der Waals surface area contributed by atoms with E-state index in [1.165, 1.54) is 32.4 Å². The Morgan fingerprint density at radius 3 is 2.28 bits per heavy atom. The largest absolute Gasteiger partial charge is 0.495 e. The maximum Gasteiger partial charge on any atom is 0.256 e. The van der Waals surface area contributed by atoms with Crippen LogP contribution in [0.5, 0.6) is 11.5 Å². The second kappa shape index (κ2) is 7.33. The standard InChI is InChI=1S/C17H18ClNO5S/c1-10-5-6-11(25(4,21)22)7-12(10)17(20)19-14-8-13(18)15(23-2)9-16(14)24-3/h5-9H,1-4H3,(H,19,20). The highest BCUT2D eigenvalue weighted by molar-refractivity contribution is 7.90. The lowest BCUT2D eigenvalue weighted by molar-refractivity contribution is 0.102. The zero-order valence-electron chi connectivity index (χ0n) is 14.2. The normalized spacial score (nSPS) is 11.1. The van der Waals surface area contributed by atoms with E-state index in [1.807, 2.05) is 0 Å². The molecule has 0 saturated carbocycles. The van der Waals surface area contributed by atoms with Crippen molar-refractivity contribution < 1.29 is 22.7 Å². The average Bonchev–Trinajstić information content (AvgIpc) is 2.54. The van der Waals surface area contributed by atoms with Gasteiger partial charge in [-0.2, -0.15) is 0 Å². The lowest BCUT2D eigenvalue weighted by Crippen LogP contribution is -2.15. The predicted molar refractivity (Wildman–Crippen MR) is 96.8 cm³/mol. The Kier molecular flexibility index (Phi) is 5.59. The molecule has 8 heteroatoms. The molecule has 0 aliphatic rings. The molecule has 2 rings (SSSR count). The van der Waals surface area contributed by atoms with Crippen LogP contribution < -0.4 is 14.8 Å². The average molecular weight is 384 g/mol. The smallest absolute Gasteiger partial charge is 0.256 e. The maximum absolute atomic E-state index is 12.6. The number of amides is 1. The highest BCUT2D eigenvalue weighted by Crippen LogP contribution is 2.36. The Balaban J connectivity index is 2.42. The first-order chi connectivity index (χ1) is 11.7. The third-order valence-electron chi connectivity index (χ3n) is 3.60. The number of carbonyl (C=O) groups excluding carboxylic acids is 1. The minimum absolute atomic E-state index is 0.0722. The fourth-order valence-electron chi connectivity index (χ4n) is 2.22. The Morgan fingerprint density at radius 2 is 1.72 bits per heavy atom. The number of nitrogens with one attached hydrogen (secondary N) is 1. The van der Waals surface area contributed by atoms with Crippen LogP contribution in [0.15, 0.2) is 35.2 Å². The molecule has 0 heterocycles. The van der Waals surface area contributed by atoms with Crippen molar-refractivity contribution in [2.75, 3.05) is 25.8 Å². The SMILES string of the molecule is COc1cc(OC)c(NC(=O)c2cc(S(C)(=O)=O)ccc2C)cc1Cl. The number of benzene rings is 2. The molecule has 0 atom stereocenters. The first kappa shape index (κ1) is 19.1. The topological polar surface area (TPSA) is 81.7 Å². The van der Waals surface area contributed by atoms with Gasteiger partial charge in [0.1, 0.15) is 11.5 Å². The van der Waals surface area contributed by atoms with Crippen LogP contribution in [-0.2, 0) is 9.84 Å². The van der Waals surface area contributed by atoms with Crippen molar-refractivity contribution in [3.05, 3.63) is 46.5 Å². The summed E-state index contributed by atoms with van der Waals surface area (Å²) in [4.78, 5) is 12.7. The van der Waals surface area contributed by atoms with Crippen molar-refractivity contribution in [1.82, 2.24) is 0 Å². The van der Waals surface area contributed by atoms with Gasteiger partial charge >= 0.3 is 0 Å². The molecule has 0 fully saturated rings. The fraction of sp³-hybridized carbons (Fsp3) is 0.235. The molecule has 0 aliphatic carbocycles. The van der Waals surface area contributed by atoms with Gasteiger partial charge in [-0.25, -0.2) is 8.42 Å². The quantitative estimate of drug-likeness (QED) is 0.856. The molecule has 0 radical (unpaired) electrons. The molecular formula is C17H18ClNO5S. The van der Waals surface area contributed by atoms with Crippen LogP contribution in [0.4, 0.5) is 5.69 Å². The zero-order valence-corrected chi connectivity index (χ0v) is 15.8. The lowest BCUT2D eigenvalue weighted by atomic mass is 10.1. The van der Waals surface area contributed by atoms with Crippen molar-refractivity contribution in [3.8, 4) is 11.5 Å². The van der Waals surface area contributed by atoms with Crippen LogP contribution in [0.2, 0.25) is 5.02 Å². The number of hydrogen-bond donors (Lipinski definition) is 1. The maximum atomic E-state index is 12.6. The molecule has 0 bridgehead atoms. The summed E-state index contributed by atoms with van der Waals surface area (Å²) in [5.41, 5.74) is 1.24. The number of sulfone groups is 1. The number of carbonyl (C=O) groups is 1. The summed E-state index contributed by atoms with van der Waals surface area (Å²) in [5.74, 6) is 0.306. The van der Waals surface area contributed by atoms with Gasteiger partial charge < -0.3 is 14.8 Å². The second-order valence-electron chi connectivity index (χ2n) is 5.39. The molecule has 0 aliphatic heterocycles. The molecule has 1 N–H and O–H groups in total. The van der Waals surface area contributed by atoms with Gasteiger partial charge in [0.05, 0.1) is 29.8 Å². The molecule has 2 aromatic rings. The van der Waals surface area contributed by atoms with Crippen LogP contribution in [0.3, 0.4) is 0 Å². The van der Waals surface area contributed by atoms with Gasteiger partial charge in [-0.15, -0.1) is 0 Å². The van der Waals surface area contributed by atoms with Crippen LogP contribution in [0.25, 0.3) is 0 Å². The van der Waals surface area contributed by atoms with Crippen LogP contribution in [0.1, 0.15) is 15.9 Å². The number of halogens is 1. The number of hydrogen-bond acceptors (Lipinski definition) is 5. The Morgan fingerprint density at radius 1 is 1.08 bits per heavy atom. The third kappa shape index (κ3) is 4.24. The first-order valence-electron chi connectivity index (χ1n) is 7.21. The highest BCUT2D eigenvalue weighted by atomic mass is 35.5. The van der Waals surface area contributed by atoms with Crippen molar-refractivity contribution in [2.45, 2.75) is 11.8 Å². The number of anilines is 1. The minimum Gasteiger partial charge on any atom is -0.495 e. The van der Waals surface area contributed by atoms with Crippen molar-refractivity contribution in [2.24, 2.45) is 0 Å². The zero-order chi connectivity index (χ0) is 18.8. The van der Waals surface area contributed by atoms with Crippen LogP contribution in [0, 0.1) is 6.92 Å². The van der Waals surface area contributed by atoms with E-state index in [0.29, 0.717) is 27.8 Å². The van der Waals surface area contributed by atoms with Gasteiger partial charge in [0.15, 0.2) is 9.84 Å². The Hall–Kier alpha value is -2.25. The number of methoxy groups -OCH3 is 2. The first-order valence-corrected chi connectivity index (χ1v) is 9.48. The van der Waals surface area contributed by atoms with E-state index in [4.69, 9.17) is 21.1 Å². The molecule has 0 spiro atoms. The van der Waals surface area contributed by atoms with Gasteiger partial charge in [-0.3, -0.25) is 4.79 Å². The number of rotatable bonds is 5. The third-order valence-corrected chi connectivity index (χ3v) is 5.01. The van der Waals surface area contributed by atoms with Gasteiger partial charge in [-0.1, -0.05) is 17.7 Å². The lowest BCUT2D eigenvalue weighted by Gasteiger charge is -2.14. The molecule has 6 nitrogen and oxygen atoms in total. The summed E-state index contributed by atoms with van der Waals surface area (Å²) < 4.78 is 33.8. The van der Waals surface area contributed by atoms with E-state index < -0.39 is 15.7 Å². The molecule has 0 unspecified atom stereocenters. The summed E-state index contributed by atoms with van der Waals surface area (Å²) in [5, 5.41) is 3.00. The Labute approximate surface area is 151 Å². The molecule has 0 aromatic heterocycles. The molecule has 0 saturated heterocycles. The van der Waals surface area contributed by atoms with Crippen LogP contribution in [-0.4, -0.2) is 34.8 Å². The molecule has 2 aromatic carbocycles. The monoisotopic (exact) mass is 383 g/mol. The van der Waals surface area contributed by atoms with Crippen molar-refractivity contribution >= 4 is 33.0 Å². The van der Waals surface area contributed by atoms with E-state index in [0.717, 1.165) is 6.26 Å². The van der Waals surface area contributed by atoms with Crippen molar-refractivity contribution in [1.29, 1.82) is 0 Å². The van der Waals surface area contributed by atoms with E-state index in [1.54, 1.807) is 19.1 Å². The van der Waals surface area contributed by atoms with E-state index >= 15 is 0 Å². The van der Waals surface area contributed by atoms with Gasteiger partial charge in [0, 0.05) is 17.9 Å². The summed E-state index contributed by atoms with van der Waals surface area (Å²) in [6.45, 7) is 1.72. The van der Waals surface area contributed by atoms with E-state index in [-0.39, 0.29) is 10.5 Å². The molecule has 134 valence electrons. The minimum atomic E-state index is -3.42. The molecule has 1 amide bonds. The Bertz CT molecular complexity index is 925. The van der Waals surface area contributed by atoms with Gasteiger partial charge in [0.25, 0.3) is 5.91 Å². The summed E-state index contributed by atoms with van der Waals surface area (Å²) >= 11 is 6.09. The number of aryl methyl sites for hydroxylation is 1. The molecule has 25 heavy (non-hydrogen) atoms. The van der Waals surface area contributed by atoms with Crippen LogP contribution >= 0.6 is 11.6 Å². The second-order valence-corrected chi connectivity index (χ2v) is 7.81. The highest BCUT2D eigenvalue weighted by Gasteiger charge is 2.17. The summed E-state index contributed by atoms with van der Waals surface area (Å²) in [6.07, 6.45) is 1.09. The molecular weight excluding hydrogens is 366 g/mol. The van der Waals surface area contributed by atoms with E-state index in [9.17, 15) is 13.2 Å². The van der Waals surface area contributed by atoms with Crippen molar-refractivity contribution in [3.63, 3.8) is 0 Å². The number of ether oxygens (including phenoxy) is 2. The fourth-order valence-corrected chi connectivity index (χ4v) is 3.11.